The summed E-state index contributed by atoms with van der Waals surface area (Å²) in [5.74, 6) is -1.59. The Hall–Kier alpha value is -3.77. The molecule has 1 atom stereocenters. The van der Waals surface area contributed by atoms with Crippen LogP contribution in [0.3, 0.4) is 0 Å². The van der Waals surface area contributed by atoms with Crippen molar-refractivity contribution in [2.75, 3.05) is 6.61 Å². The zero-order valence-corrected chi connectivity index (χ0v) is 18.7. The SMILES string of the molecule is CCOC(=O)[C@H](Cc1ccc(N=Cc2ccc(Cl)cc2)cc1)N1C(=O)c2ccccc2C1=O. The molecule has 1 heterocycles. The van der Waals surface area contributed by atoms with E-state index < -0.39 is 23.8 Å². The minimum Gasteiger partial charge on any atom is -0.464 e. The Labute approximate surface area is 196 Å². The highest BCUT2D eigenvalue weighted by molar-refractivity contribution is 6.30. The number of imide groups is 1. The molecule has 7 heteroatoms. The second kappa shape index (κ2) is 9.79. The number of carbonyl (C=O) groups is 3. The summed E-state index contributed by atoms with van der Waals surface area (Å²) in [7, 11) is 0. The van der Waals surface area contributed by atoms with E-state index in [1.807, 2.05) is 36.4 Å². The highest BCUT2D eigenvalue weighted by Crippen LogP contribution is 2.27. The maximum Gasteiger partial charge on any atom is 0.329 e. The molecular formula is C26H21ClN2O4. The molecule has 0 aliphatic carbocycles. The number of esters is 1. The number of benzene rings is 3. The van der Waals surface area contributed by atoms with Gasteiger partial charge in [0.05, 0.1) is 23.4 Å². The molecule has 4 rings (SSSR count). The van der Waals surface area contributed by atoms with Crippen LogP contribution >= 0.6 is 11.6 Å². The smallest absolute Gasteiger partial charge is 0.329 e. The Balaban J connectivity index is 1.54. The van der Waals surface area contributed by atoms with Crippen LogP contribution in [-0.2, 0) is 16.0 Å². The number of carbonyl (C=O) groups excluding carboxylic acids is 3. The van der Waals surface area contributed by atoms with Gasteiger partial charge in [-0.3, -0.25) is 19.5 Å². The predicted octanol–water partition coefficient (Wildman–Crippen LogP) is 4.86. The van der Waals surface area contributed by atoms with Crippen LogP contribution in [0, 0.1) is 0 Å². The number of ether oxygens (including phenoxy) is 1. The van der Waals surface area contributed by atoms with Crippen molar-refractivity contribution in [3.05, 3.63) is 100 Å². The van der Waals surface area contributed by atoms with Crippen molar-refractivity contribution in [1.29, 1.82) is 0 Å². The molecule has 0 saturated heterocycles. The normalized spacial score (nSPS) is 13.9. The van der Waals surface area contributed by atoms with Crippen LogP contribution in [0.15, 0.2) is 77.8 Å². The molecule has 1 aliphatic heterocycles. The van der Waals surface area contributed by atoms with Crippen LogP contribution in [0.1, 0.15) is 38.8 Å². The van der Waals surface area contributed by atoms with E-state index in [1.165, 1.54) is 0 Å². The molecule has 0 saturated carbocycles. The van der Waals surface area contributed by atoms with Crippen LogP contribution in [-0.4, -0.2) is 41.5 Å². The number of amides is 2. The number of halogens is 1. The molecule has 1 aliphatic rings. The minimum atomic E-state index is -1.05. The van der Waals surface area contributed by atoms with Gasteiger partial charge in [0.25, 0.3) is 11.8 Å². The maximum absolute atomic E-state index is 12.9. The van der Waals surface area contributed by atoms with Crippen molar-refractivity contribution in [1.82, 2.24) is 4.90 Å². The van der Waals surface area contributed by atoms with E-state index in [4.69, 9.17) is 16.3 Å². The van der Waals surface area contributed by atoms with Crippen molar-refractivity contribution in [2.45, 2.75) is 19.4 Å². The fourth-order valence-corrected chi connectivity index (χ4v) is 3.77. The number of aliphatic imine (C=N–C) groups is 1. The van der Waals surface area contributed by atoms with E-state index in [0.29, 0.717) is 16.1 Å². The standard InChI is InChI=1S/C26H21ClN2O4/c1-2-33-26(32)23(29-24(30)21-5-3-4-6-22(21)25(29)31)15-17-9-13-20(14-10-17)28-16-18-7-11-19(27)12-8-18/h3-14,16,23H,2,15H2,1H3/t23-/m0/s1. The Kier molecular flexibility index (Phi) is 6.66. The van der Waals surface area contributed by atoms with E-state index >= 15 is 0 Å². The lowest BCUT2D eigenvalue weighted by molar-refractivity contribution is -0.147. The highest BCUT2D eigenvalue weighted by atomic mass is 35.5. The monoisotopic (exact) mass is 460 g/mol. The number of rotatable bonds is 7. The molecule has 3 aromatic carbocycles. The van der Waals surface area contributed by atoms with Crippen molar-refractivity contribution in [3.8, 4) is 0 Å². The third-order valence-electron chi connectivity index (χ3n) is 5.29. The minimum absolute atomic E-state index is 0.144. The Morgan fingerprint density at radius 3 is 2.15 bits per heavy atom. The van der Waals surface area contributed by atoms with Gasteiger partial charge in [0.15, 0.2) is 0 Å². The molecule has 0 radical (unpaired) electrons. The van der Waals surface area contributed by atoms with E-state index in [9.17, 15) is 14.4 Å². The summed E-state index contributed by atoms with van der Waals surface area (Å²) in [6, 6.07) is 20.1. The van der Waals surface area contributed by atoms with Gasteiger partial charge in [0.1, 0.15) is 6.04 Å². The quantitative estimate of drug-likeness (QED) is 0.286. The zero-order chi connectivity index (χ0) is 23.4. The second-order valence-corrected chi connectivity index (χ2v) is 7.91. The summed E-state index contributed by atoms with van der Waals surface area (Å²) in [4.78, 5) is 44.0. The first kappa shape index (κ1) is 22.4. The van der Waals surface area contributed by atoms with Gasteiger partial charge in [0, 0.05) is 17.7 Å². The first-order chi connectivity index (χ1) is 16.0. The summed E-state index contributed by atoms with van der Waals surface area (Å²) in [5.41, 5.74) is 3.00. The summed E-state index contributed by atoms with van der Waals surface area (Å²) in [5, 5.41) is 0.658. The number of hydrogen-bond acceptors (Lipinski definition) is 5. The number of fused-ring (bicyclic) bond motifs is 1. The lowest BCUT2D eigenvalue weighted by atomic mass is 10.0. The molecule has 0 unspecified atom stereocenters. The van der Waals surface area contributed by atoms with Gasteiger partial charge in [-0.25, -0.2) is 4.79 Å². The summed E-state index contributed by atoms with van der Waals surface area (Å²) < 4.78 is 5.19. The van der Waals surface area contributed by atoms with Crippen molar-refractivity contribution >= 4 is 41.3 Å². The molecular weight excluding hydrogens is 440 g/mol. The average Bonchev–Trinajstić information content (AvgIpc) is 3.08. The van der Waals surface area contributed by atoms with Gasteiger partial charge in [0.2, 0.25) is 0 Å². The Bertz CT molecular complexity index is 1180. The highest BCUT2D eigenvalue weighted by Gasteiger charge is 2.43. The van der Waals surface area contributed by atoms with Crippen LogP contribution < -0.4 is 0 Å². The van der Waals surface area contributed by atoms with Crippen LogP contribution in [0.25, 0.3) is 0 Å². The second-order valence-electron chi connectivity index (χ2n) is 7.47. The molecule has 6 nitrogen and oxygen atoms in total. The van der Waals surface area contributed by atoms with Gasteiger partial charge in [-0.1, -0.05) is 48.0 Å². The first-order valence-electron chi connectivity index (χ1n) is 10.5. The molecule has 0 N–H and O–H groups in total. The molecule has 3 aromatic rings. The van der Waals surface area contributed by atoms with Crippen molar-refractivity contribution in [2.24, 2.45) is 4.99 Å². The third kappa shape index (κ3) is 4.86. The summed E-state index contributed by atoms with van der Waals surface area (Å²) in [6.07, 6.45) is 1.87. The van der Waals surface area contributed by atoms with Gasteiger partial charge in [-0.15, -0.1) is 0 Å². The van der Waals surface area contributed by atoms with Gasteiger partial charge in [-0.05, 0) is 54.4 Å². The lowest BCUT2D eigenvalue weighted by Crippen LogP contribution is -2.47. The first-order valence-corrected chi connectivity index (χ1v) is 10.9. The summed E-state index contributed by atoms with van der Waals surface area (Å²) in [6.45, 7) is 1.83. The molecule has 33 heavy (non-hydrogen) atoms. The van der Waals surface area contributed by atoms with Crippen LogP contribution in [0.4, 0.5) is 5.69 Å². The van der Waals surface area contributed by atoms with E-state index in [2.05, 4.69) is 4.99 Å². The predicted molar refractivity (Wildman–Crippen MR) is 126 cm³/mol. The summed E-state index contributed by atoms with van der Waals surface area (Å²) >= 11 is 5.90. The van der Waals surface area contributed by atoms with Gasteiger partial charge >= 0.3 is 5.97 Å². The van der Waals surface area contributed by atoms with Gasteiger partial charge in [-0.2, -0.15) is 0 Å². The van der Waals surface area contributed by atoms with E-state index in [1.54, 1.807) is 49.5 Å². The van der Waals surface area contributed by atoms with Crippen molar-refractivity contribution in [3.63, 3.8) is 0 Å². The fraction of sp³-hybridized carbons (Fsp3) is 0.154. The average molecular weight is 461 g/mol. The van der Waals surface area contributed by atoms with E-state index in [-0.39, 0.29) is 13.0 Å². The molecule has 0 bridgehead atoms. The Morgan fingerprint density at radius 1 is 0.970 bits per heavy atom. The Morgan fingerprint density at radius 2 is 1.58 bits per heavy atom. The van der Waals surface area contributed by atoms with Crippen LogP contribution in [0.2, 0.25) is 5.02 Å². The van der Waals surface area contributed by atoms with Gasteiger partial charge < -0.3 is 4.74 Å². The number of nitrogens with zero attached hydrogens (tertiary/aromatic N) is 2. The third-order valence-corrected chi connectivity index (χ3v) is 5.55. The zero-order valence-electron chi connectivity index (χ0n) is 17.9. The maximum atomic E-state index is 12.9. The number of hydrogen-bond donors (Lipinski definition) is 0. The van der Waals surface area contributed by atoms with Crippen LogP contribution in [0.5, 0.6) is 0 Å². The molecule has 0 fully saturated rings. The molecule has 0 aromatic heterocycles. The topological polar surface area (TPSA) is 76.0 Å². The molecule has 0 spiro atoms. The largest absolute Gasteiger partial charge is 0.464 e. The fourth-order valence-electron chi connectivity index (χ4n) is 3.65. The molecule has 166 valence electrons. The van der Waals surface area contributed by atoms with E-state index in [0.717, 1.165) is 21.7 Å². The molecule has 2 amide bonds. The van der Waals surface area contributed by atoms with Crippen molar-refractivity contribution < 1.29 is 19.1 Å². The lowest BCUT2D eigenvalue weighted by Gasteiger charge is -2.24.